The smallest absolute Gasteiger partial charge is 0.306 e. The van der Waals surface area contributed by atoms with Crippen LogP contribution in [-0.4, -0.2) is 37.2 Å². The molecule has 0 N–H and O–H groups in total. The van der Waals surface area contributed by atoms with E-state index >= 15 is 0 Å². The fraction of sp³-hybridized carbons (Fsp3) is 0.617. The van der Waals surface area contributed by atoms with Gasteiger partial charge in [-0.2, -0.15) is 0 Å². The van der Waals surface area contributed by atoms with Gasteiger partial charge in [0.1, 0.15) is 13.2 Å². The van der Waals surface area contributed by atoms with Gasteiger partial charge in [-0.1, -0.05) is 239 Å². The molecule has 1 atom stereocenters. The van der Waals surface area contributed by atoms with Crippen molar-refractivity contribution >= 4 is 17.9 Å². The second kappa shape index (κ2) is 53.4. The van der Waals surface area contributed by atoms with Crippen molar-refractivity contribution in [1.82, 2.24) is 0 Å². The summed E-state index contributed by atoms with van der Waals surface area (Å²) in [5.41, 5.74) is 0. The lowest BCUT2D eigenvalue weighted by Gasteiger charge is -2.18. The monoisotopic (exact) mass is 913 g/mol. The van der Waals surface area contributed by atoms with Gasteiger partial charge in [0.15, 0.2) is 6.10 Å². The van der Waals surface area contributed by atoms with Gasteiger partial charge in [-0.15, -0.1) is 0 Å². The number of hydrogen-bond donors (Lipinski definition) is 0. The highest BCUT2D eigenvalue weighted by Crippen LogP contribution is 2.14. The lowest BCUT2D eigenvalue weighted by atomic mass is 10.1. The summed E-state index contributed by atoms with van der Waals surface area (Å²) >= 11 is 0. The maximum Gasteiger partial charge on any atom is 0.306 e. The predicted octanol–water partition coefficient (Wildman–Crippen LogP) is 17.7. The molecule has 372 valence electrons. The summed E-state index contributed by atoms with van der Waals surface area (Å²) in [6, 6.07) is 0. The molecular weight excluding hydrogens is 817 g/mol. The molecule has 0 fully saturated rings. The van der Waals surface area contributed by atoms with Gasteiger partial charge in [0.2, 0.25) is 0 Å². The van der Waals surface area contributed by atoms with Crippen molar-refractivity contribution in [2.45, 2.75) is 226 Å². The van der Waals surface area contributed by atoms with Gasteiger partial charge in [-0.05, 0) is 83.5 Å². The van der Waals surface area contributed by atoms with Gasteiger partial charge in [-0.25, -0.2) is 0 Å². The van der Waals surface area contributed by atoms with Gasteiger partial charge in [0.25, 0.3) is 0 Å². The minimum absolute atomic E-state index is 0.118. The van der Waals surface area contributed by atoms with E-state index in [1.54, 1.807) is 0 Å². The quantitative estimate of drug-likeness (QED) is 0.0199. The Morgan fingerprint density at radius 3 is 1.06 bits per heavy atom. The fourth-order valence-electron chi connectivity index (χ4n) is 6.89. The Hall–Kier alpha value is -4.19. The molecule has 0 bridgehead atoms. The zero-order chi connectivity index (χ0) is 47.9. The first-order valence-corrected chi connectivity index (χ1v) is 26.7. The molecule has 0 aromatic rings. The zero-order valence-electron chi connectivity index (χ0n) is 42.4. The van der Waals surface area contributed by atoms with Gasteiger partial charge >= 0.3 is 17.9 Å². The Labute approximate surface area is 405 Å². The van der Waals surface area contributed by atoms with Crippen molar-refractivity contribution in [3.63, 3.8) is 0 Å². The number of unbranched alkanes of at least 4 members (excludes halogenated alkanes) is 22. The largest absolute Gasteiger partial charge is 0.462 e. The summed E-state index contributed by atoms with van der Waals surface area (Å²) in [7, 11) is 0. The minimum atomic E-state index is -0.822. The molecule has 0 aromatic heterocycles. The second-order valence-electron chi connectivity index (χ2n) is 17.3. The zero-order valence-corrected chi connectivity index (χ0v) is 42.4. The SMILES string of the molecule is CC\C=C/C=C\C=C/C=C\C=C/CCCC(=O)OCC(COC(=O)CCCCCCC\C=C/C=C\C=C/C=C\CCCCC)OC(=O)CCCCCCCCC/C=C\CCCCCCCC. The van der Waals surface area contributed by atoms with E-state index in [-0.39, 0.29) is 37.5 Å². The normalized spacial score (nSPS) is 13.1. The summed E-state index contributed by atoms with van der Waals surface area (Å²) in [4.78, 5) is 38.0. The van der Waals surface area contributed by atoms with E-state index in [1.165, 1.54) is 96.3 Å². The molecule has 0 aromatic carbocycles. The Kier molecular flexibility index (Phi) is 50.0. The van der Waals surface area contributed by atoms with Crippen LogP contribution in [0.3, 0.4) is 0 Å². The van der Waals surface area contributed by atoms with Crippen LogP contribution in [0.4, 0.5) is 0 Å². The molecule has 66 heavy (non-hydrogen) atoms. The summed E-state index contributed by atoms with van der Waals surface area (Å²) in [6.07, 6.45) is 73.3. The molecule has 0 heterocycles. The highest BCUT2D eigenvalue weighted by Gasteiger charge is 2.19. The summed E-state index contributed by atoms with van der Waals surface area (Å²) in [5.74, 6) is -1.02. The number of allylic oxidation sites excluding steroid dienone is 20. The lowest BCUT2D eigenvalue weighted by molar-refractivity contribution is -0.167. The Morgan fingerprint density at radius 2 is 0.621 bits per heavy atom. The average molecular weight is 913 g/mol. The molecule has 0 amide bonds. The van der Waals surface area contributed by atoms with Crippen molar-refractivity contribution in [3.8, 4) is 0 Å². The number of esters is 3. The highest BCUT2D eigenvalue weighted by atomic mass is 16.6. The number of rotatable bonds is 46. The molecule has 6 heteroatoms. The van der Waals surface area contributed by atoms with Crippen LogP contribution in [0.1, 0.15) is 220 Å². The van der Waals surface area contributed by atoms with Gasteiger partial charge < -0.3 is 14.2 Å². The Balaban J connectivity index is 4.54. The summed E-state index contributed by atoms with van der Waals surface area (Å²) in [6.45, 7) is 6.35. The van der Waals surface area contributed by atoms with Crippen molar-refractivity contribution in [2.24, 2.45) is 0 Å². The summed E-state index contributed by atoms with van der Waals surface area (Å²) in [5, 5.41) is 0. The fourth-order valence-corrected chi connectivity index (χ4v) is 6.89. The molecule has 1 unspecified atom stereocenters. The summed E-state index contributed by atoms with van der Waals surface area (Å²) < 4.78 is 16.7. The van der Waals surface area contributed by atoms with Crippen LogP contribution >= 0.6 is 0 Å². The first kappa shape index (κ1) is 61.8. The van der Waals surface area contributed by atoms with Crippen molar-refractivity contribution in [2.75, 3.05) is 13.2 Å². The van der Waals surface area contributed by atoms with Crippen molar-refractivity contribution in [3.05, 3.63) is 122 Å². The second-order valence-corrected chi connectivity index (χ2v) is 17.3. The molecule has 0 saturated heterocycles. The molecule has 0 aliphatic heterocycles. The third kappa shape index (κ3) is 50.8. The van der Waals surface area contributed by atoms with E-state index in [9.17, 15) is 14.4 Å². The van der Waals surface area contributed by atoms with Crippen LogP contribution in [-0.2, 0) is 28.6 Å². The molecular formula is C60H96O6. The van der Waals surface area contributed by atoms with E-state index in [4.69, 9.17) is 14.2 Å². The number of hydrogen-bond acceptors (Lipinski definition) is 6. The maximum absolute atomic E-state index is 12.8. The van der Waals surface area contributed by atoms with Crippen LogP contribution in [0, 0.1) is 0 Å². The molecule has 0 spiro atoms. The van der Waals surface area contributed by atoms with Gasteiger partial charge in [0.05, 0.1) is 0 Å². The van der Waals surface area contributed by atoms with E-state index in [2.05, 4.69) is 87.6 Å². The highest BCUT2D eigenvalue weighted by molar-refractivity contribution is 5.71. The molecule has 0 saturated carbocycles. The maximum atomic E-state index is 12.8. The van der Waals surface area contributed by atoms with E-state index in [0.29, 0.717) is 19.3 Å². The van der Waals surface area contributed by atoms with Crippen LogP contribution in [0.15, 0.2) is 122 Å². The standard InChI is InChI=1S/C60H96O6/c1-4-7-10-13-16-19-22-25-27-29-31-32-35-38-41-44-47-50-53-59(62)65-56-57(55-64-58(61)52-49-46-43-40-37-34-24-21-18-15-12-9-6-3)66-60(63)54-51-48-45-42-39-36-33-30-28-26-23-20-17-14-11-8-5-2/h9,12,15-16,18-19,21-22,24-29,31-32,34,37,40,43,57H,4-8,10-11,13-14,17,20,23,30,33,35-36,38-39,41-42,44-56H2,1-3H3/b12-9-,18-15-,19-16-,24-21-,25-22-,28-26-,29-27-,32-31-,37-34-,43-40-. The molecule has 0 radical (unpaired) electrons. The first-order valence-electron chi connectivity index (χ1n) is 26.7. The van der Waals surface area contributed by atoms with E-state index in [0.717, 1.165) is 77.0 Å². The predicted molar refractivity (Wildman–Crippen MR) is 283 cm³/mol. The molecule has 0 rings (SSSR count). The van der Waals surface area contributed by atoms with Crippen LogP contribution < -0.4 is 0 Å². The van der Waals surface area contributed by atoms with E-state index in [1.807, 2.05) is 54.7 Å². The molecule has 0 aliphatic rings. The topological polar surface area (TPSA) is 78.9 Å². The minimum Gasteiger partial charge on any atom is -0.462 e. The first-order chi connectivity index (χ1) is 32.5. The number of carbonyl (C=O) groups excluding carboxylic acids is 3. The van der Waals surface area contributed by atoms with Crippen LogP contribution in [0.25, 0.3) is 0 Å². The third-order valence-corrected chi connectivity index (χ3v) is 10.9. The number of carbonyl (C=O) groups is 3. The van der Waals surface area contributed by atoms with Crippen molar-refractivity contribution < 1.29 is 28.6 Å². The third-order valence-electron chi connectivity index (χ3n) is 10.9. The average Bonchev–Trinajstić information content (AvgIpc) is 3.31. The van der Waals surface area contributed by atoms with Crippen LogP contribution in [0.2, 0.25) is 0 Å². The van der Waals surface area contributed by atoms with Crippen molar-refractivity contribution in [1.29, 1.82) is 0 Å². The number of ether oxygens (including phenoxy) is 3. The Morgan fingerprint density at radius 1 is 0.318 bits per heavy atom. The lowest BCUT2D eigenvalue weighted by Crippen LogP contribution is -2.30. The molecule has 6 nitrogen and oxygen atoms in total. The van der Waals surface area contributed by atoms with E-state index < -0.39 is 6.10 Å². The van der Waals surface area contributed by atoms with Gasteiger partial charge in [-0.3, -0.25) is 14.4 Å². The van der Waals surface area contributed by atoms with Gasteiger partial charge in [0, 0.05) is 19.3 Å². The Bertz CT molecular complexity index is 1420. The molecule has 0 aliphatic carbocycles. The van der Waals surface area contributed by atoms with Crippen LogP contribution in [0.5, 0.6) is 0 Å².